The zero-order chi connectivity index (χ0) is 12.1. The van der Waals surface area contributed by atoms with Crippen LogP contribution in [0.25, 0.3) is 0 Å². The molecule has 0 aliphatic carbocycles. The maximum Gasteiger partial charge on any atom is 0.339 e. The number of esters is 1. The summed E-state index contributed by atoms with van der Waals surface area (Å²) >= 11 is 17.5. The summed E-state index contributed by atoms with van der Waals surface area (Å²) < 4.78 is 5.02. The first-order valence-electron chi connectivity index (χ1n) is 4.88. The first kappa shape index (κ1) is 13.6. The van der Waals surface area contributed by atoms with Crippen molar-refractivity contribution in [3.05, 3.63) is 32.8 Å². The van der Waals surface area contributed by atoms with Crippen LogP contribution in [-0.4, -0.2) is 12.6 Å². The van der Waals surface area contributed by atoms with Crippen LogP contribution < -0.4 is 0 Å². The van der Waals surface area contributed by atoms with Gasteiger partial charge in [-0.3, -0.25) is 0 Å². The third-order valence-electron chi connectivity index (χ3n) is 1.94. The highest BCUT2D eigenvalue weighted by Crippen LogP contribution is 2.30. The van der Waals surface area contributed by atoms with Crippen molar-refractivity contribution in [2.75, 3.05) is 6.61 Å². The molecular weight excluding hydrogens is 270 g/mol. The third kappa shape index (κ3) is 3.55. The van der Waals surface area contributed by atoms with E-state index in [1.54, 1.807) is 0 Å². The van der Waals surface area contributed by atoms with Gasteiger partial charge >= 0.3 is 5.97 Å². The van der Waals surface area contributed by atoms with Crippen molar-refractivity contribution in [3.8, 4) is 0 Å². The van der Waals surface area contributed by atoms with Crippen LogP contribution in [0.3, 0.4) is 0 Å². The van der Waals surface area contributed by atoms with Gasteiger partial charge in [-0.25, -0.2) is 4.79 Å². The summed E-state index contributed by atoms with van der Waals surface area (Å²) in [6.45, 7) is 2.38. The van der Waals surface area contributed by atoms with E-state index in [9.17, 15) is 4.79 Å². The number of benzene rings is 1. The van der Waals surface area contributed by atoms with E-state index in [0.717, 1.165) is 12.8 Å². The highest BCUT2D eigenvalue weighted by atomic mass is 35.5. The number of hydrogen-bond acceptors (Lipinski definition) is 2. The molecule has 1 rings (SSSR count). The molecule has 1 aromatic carbocycles. The number of ether oxygens (including phenoxy) is 1. The minimum atomic E-state index is -0.497. The normalized spacial score (nSPS) is 10.2. The lowest BCUT2D eigenvalue weighted by Gasteiger charge is -2.07. The number of carbonyl (C=O) groups excluding carboxylic acids is 1. The van der Waals surface area contributed by atoms with Gasteiger partial charge < -0.3 is 4.74 Å². The van der Waals surface area contributed by atoms with Crippen LogP contribution in [0, 0.1) is 0 Å². The van der Waals surface area contributed by atoms with Crippen molar-refractivity contribution in [3.63, 3.8) is 0 Å². The van der Waals surface area contributed by atoms with Gasteiger partial charge in [0.1, 0.15) is 0 Å². The molecule has 0 spiro atoms. The van der Waals surface area contributed by atoms with E-state index in [-0.39, 0.29) is 15.6 Å². The second-order valence-electron chi connectivity index (χ2n) is 3.24. The molecule has 16 heavy (non-hydrogen) atoms. The van der Waals surface area contributed by atoms with Crippen LogP contribution in [0.1, 0.15) is 30.1 Å². The molecular formula is C11H11Cl3O2. The second kappa shape index (κ2) is 6.33. The van der Waals surface area contributed by atoms with E-state index in [1.807, 2.05) is 6.92 Å². The highest BCUT2D eigenvalue weighted by Gasteiger charge is 2.15. The van der Waals surface area contributed by atoms with Gasteiger partial charge in [-0.15, -0.1) is 0 Å². The number of carbonyl (C=O) groups is 1. The van der Waals surface area contributed by atoms with E-state index in [2.05, 4.69) is 0 Å². The Morgan fingerprint density at radius 2 is 2.00 bits per heavy atom. The predicted octanol–water partition coefficient (Wildman–Crippen LogP) is 4.60. The number of halogens is 3. The smallest absolute Gasteiger partial charge is 0.339 e. The maximum absolute atomic E-state index is 11.6. The summed E-state index contributed by atoms with van der Waals surface area (Å²) in [5.74, 6) is -0.497. The Morgan fingerprint density at radius 1 is 1.31 bits per heavy atom. The first-order valence-corrected chi connectivity index (χ1v) is 6.01. The van der Waals surface area contributed by atoms with Gasteiger partial charge in [0.2, 0.25) is 0 Å². The molecule has 0 aliphatic rings. The van der Waals surface area contributed by atoms with Crippen molar-refractivity contribution in [2.45, 2.75) is 19.8 Å². The van der Waals surface area contributed by atoms with Crippen LogP contribution in [-0.2, 0) is 4.74 Å². The fourth-order valence-electron chi connectivity index (χ4n) is 1.09. The lowest BCUT2D eigenvalue weighted by Crippen LogP contribution is -2.07. The Bertz CT molecular complexity index is 391. The minimum Gasteiger partial charge on any atom is -0.462 e. The van der Waals surface area contributed by atoms with Crippen LogP contribution in [0.4, 0.5) is 0 Å². The van der Waals surface area contributed by atoms with Crippen molar-refractivity contribution in [2.24, 2.45) is 0 Å². The van der Waals surface area contributed by atoms with E-state index in [1.165, 1.54) is 12.1 Å². The molecule has 5 heteroatoms. The van der Waals surface area contributed by atoms with E-state index in [0.29, 0.717) is 11.6 Å². The van der Waals surface area contributed by atoms with Gasteiger partial charge in [0.05, 0.1) is 22.2 Å². The summed E-state index contributed by atoms with van der Waals surface area (Å²) in [5, 5.41) is 0.779. The summed E-state index contributed by atoms with van der Waals surface area (Å²) in [6, 6.07) is 2.93. The molecule has 1 aromatic rings. The minimum absolute atomic E-state index is 0.174. The molecule has 0 saturated carbocycles. The van der Waals surface area contributed by atoms with Crippen molar-refractivity contribution in [1.82, 2.24) is 0 Å². The van der Waals surface area contributed by atoms with E-state index in [4.69, 9.17) is 39.5 Å². The zero-order valence-electron chi connectivity index (χ0n) is 8.73. The standard InChI is InChI=1S/C11H11Cl3O2/c1-2-3-4-16-11(15)8-5-7(12)6-9(13)10(8)14/h5-6H,2-4H2,1H3. The Morgan fingerprint density at radius 3 is 2.62 bits per heavy atom. The number of rotatable bonds is 4. The Hall–Kier alpha value is -0.440. The van der Waals surface area contributed by atoms with Crippen LogP contribution >= 0.6 is 34.8 Å². The van der Waals surface area contributed by atoms with Gasteiger partial charge in [-0.2, -0.15) is 0 Å². The predicted molar refractivity (Wildman–Crippen MR) is 66.7 cm³/mol. The van der Waals surface area contributed by atoms with Gasteiger partial charge in [-0.1, -0.05) is 48.1 Å². The molecule has 0 bridgehead atoms. The quantitative estimate of drug-likeness (QED) is 0.458. The second-order valence-corrected chi connectivity index (χ2v) is 4.46. The van der Waals surface area contributed by atoms with Crippen LogP contribution in [0.2, 0.25) is 15.1 Å². The molecule has 0 N–H and O–H groups in total. The molecule has 0 fully saturated rings. The molecule has 0 atom stereocenters. The Kier molecular flexibility index (Phi) is 5.39. The molecule has 0 amide bonds. The fraction of sp³-hybridized carbons (Fsp3) is 0.364. The van der Waals surface area contributed by atoms with Gasteiger partial charge in [-0.05, 0) is 18.6 Å². The third-order valence-corrected chi connectivity index (χ3v) is 2.96. The maximum atomic E-state index is 11.6. The lowest BCUT2D eigenvalue weighted by atomic mass is 10.2. The van der Waals surface area contributed by atoms with Crippen LogP contribution in [0.15, 0.2) is 12.1 Å². The average molecular weight is 282 g/mol. The zero-order valence-corrected chi connectivity index (χ0v) is 11.0. The van der Waals surface area contributed by atoms with E-state index < -0.39 is 5.97 Å². The fourth-order valence-corrected chi connectivity index (χ4v) is 1.77. The summed E-state index contributed by atoms with van der Waals surface area (Å²) in [5.41, 5.74) is 0.204. The Balaban J connectivity index is 2.82. The average Bonchev–Trinajstić information content (AvgIpc) is 2.23. The molecule has 0 heterocycles. The lowest BCUT2D eigenvalue weighted by molar-refractivity contribution is 0.0500. The van der Waals surface area contributed by atoms with Gasteiger partial charge in [0.25, 0.3) is 0 Å². The van der Waals surface area contributed by atoms with Crippen LogP contribution in [0.5, 0.6) is 0 Å². The Labute approximate surface area is 109 Å². The van der Waals surface area contributed by atoms with Gasteiger partial charge in [0, 0.05) is 5.02 Å². The molecule has 0 aromatic heterocycles. The van der Waals surface area contributed by atoms with Gasteiger partial charge in [0.15, 0.2) is 0 Å². The largest absolute Gasteiger partial charge is 0.462 e. The van der Waals surface area contributed by atoms with Crippen molar-refractivity contribution < 1.29 is 9.53 Å². The van der Waals surface area contributed by atoms with Crippen molar-refractivity contribution in [1.29, 1.82) is 0 Å². The summed E-state index contributed by atoms with van der Waals surface area (Å²) in [4.78, 5) is 11.6. The monoisotopic (exact) mass is 280 g/mol. The molecule has 0 unspecified atom stereocenters. The molecule has 0 aliphatic heterocycles. The molecule has 0 radical (unpaired) electrons. The van der Waals surface area contributed by atoms with Crippen molar-refractivity contribution >= 4 is 40.8 Å². The molecule has 2 nitrogen and oxygen atoms in total. The topological polar surface area (TPSA) is 26.3 Å². The number of unbranched alkanes of at least 4 members (excludes halogenated alkanes) is 1. The summed E-state index contributed by atoms with van der Waals surface area (Å²) in [7, 11) is 0. The van der Waals surface area contributed by atoms with E-state index >= 15 is 0 Å². The SMILES string of the molecule is CCCCOC(=O)c1cc(Cl)cc(Cl)c1Cl. The number of hydrogen-bond donors (Lipinski definition) is 0. The molecule has 0 saturated heterocycles. The summed E-state index contributed by atoms with van der Waals surface area (Å²) in [6.07, 6.45) is 1.77. The highest BCUT2D eigenvalue weighted by molar-refractivity contribution is 6.45. The molecule has 88 valence electrons. The first-order chi connectivity index (χ1) is 7.56.